The summed E-state index contributed by atoms with van der Waals surface area (Å²) in [6.45, 7) is 0.573. The molecule has 19 heavy (non-hydrogen) atoms. The molecule has 4 nitrogen and oxygen atoms in total. The maximum atomic E-state index is 13.5. The number of benzene rings is 1. The second kappa shape index (κ2) is 4.52. The van der Waals surface area contributed by atoms with Gasteiger partial charge in [-0.1, -0.05) is 0 Å². The third-order valence-electron chi connectivity index (χ3n) is 2.83. The Morgan fingerprint density at radius 3 is 2.84 bits per heavy atom. The van der Waals surface area contributed by atoms with Crippen molar-refractivity contribution in [2.24, 2.45) is 0 Å². The largest absolute Gasteiger partial charge is 0.479 e. The number of rotatable bonds is 2. The van der Waals surface area contributed by atoms with Crippen LogP contribution in [0.1, 0.15) is 18.3 Å². The van der Waals surface area contributed by atoms with Crippen molar-refractivity contribution in [3.63, 3.8) is 0 Å². The molecule has 1 aliphatic rings. The van der Waals surface area contributed by atoms with E-state index in [4.69, 9.17) is 4.74 Å². The standard InChI is InChI=1S/C11H7BrF3N3O/c12-11-16-10-7(3-4-18(10)17-11)19-6-2-1-5(13)8(14)9(6)15/h1-2,7H,3-4H2. The van der Waals surface area contributed by atoms with Crippen LogP contribution >= 0.6 is 15.9 Å². The fraction of sp³-hybridized carbons (Fsp3) is 0.273. The molecule has 1 aromatic carbocycles. The van der Waals surface area contributed by atoms with Crippen LogP contribution < -0.4 is 4.74 Å². The minimum Gasteiger partial charge on any atom is -0.479 e. The lowest BCUT2D eigenvalue weighted by molar-refractivity contribution is 0.190. The van der Waals surface area contributed by atoms with Crippen LogP contribution in [-0.4, -0.2) is 14.8 Å². The summed E-state index contributed by atoms with van der Waals surface area (Å²) in [5, 5.41) is 4.05. The Kier molecular flexibility index (Phi) is 2.96. The fourth-order valence-electron chi connectivity index (χ4n) is 1.96. The van der Waals surface area contributed by atoms with Crippen molar-refractivity contribution in [2.45, 2.75) is 19.1 Å². The van der Waals surface area contributed by atoms with Crippen LogP contribution in [0.25, 0.3) is 0 Å². The highest BCUT2D eigenvalue weighted by atomic mass is 79.9. The number of hydrogen-bond acceptors (Lipinski definition) is 3. The zero-order valence-corrected chi connectivity index (χ0v) is 11.0. The van der Waals surface area contributed by atoms with E-state index in [1.54, 1.807) is 4.68 Å². The van der Waals surface area contributed by atoms with Crippen molar-refractivity contribution in [3.05, 3.63) is 40.1 Å². The van der Waals surface area contributed by atoms with E-state index in [1.165, 1.54) is 0 Å². The zero-order valence-electron chi connectivity index (χ0n) is 9.41. The molecule has 0 bridgehead atoms. The van der Waals surface area contributed by atoms with E-state index in [2.05, 4.69) is 26.0 Å². The Morgan fingerprint density at radius 2 is 2.05 bits per heavy atom. The lowest BCUT2D eigenvalue weighted by Crippen LogP contribution is -2.07. The molecule has 1 atom stereocenters. The SMILES string of the molecule is Fc1ccc(OC2CCn3nc(Br)nc32)c(F)c1F. The van der Waals surface area contributed by atoms with Crippen LogP contribution in [0.5, 0.6) is 5.75 Å². The van der Waals surface area contributed by atoms with Gasteiger partial charge in [-0.05, 0) is 28.1 Å². The number of nitrogens with zero attached hydrogens (tertiary/aromatic N) is 3. The zero-order chi connectivity index (χ0) is 13.6. The maximum Gasteiger partial charge on any atom is 0.217 e. The second-order valence-electron chi connectivity index (χ2n) is 4.03. The number of ether oxygens (including phenoxy) is 1. The van der Waals surface area contributed by atoms with E-state index in [-0.39, 0.29) is 5.75 Å². The Bertz CT molecular complexity index is 646. The Morgan fingerprint density at radius 1 is 1.26 bits per heavy atom. The van der Waals surface area contributed by atoms with Gasteiger partial charge in [-0.3, -0.25) is 0 Å². The molecule has 8 heteroatoms. The van der Waals surface area contributed by atoms with Gasteiger partial charge in [0.25, 0.3) is 0 Å². The van der Waals surface area contributed by atoms with Gasteiger partial charge >= 0.3 is 0 Å². The fourth-order valence-corrected chi connectivity index (χ4v) is 2.33. The quantitative estimate of drug-likeness (QED) is 0.793. The lowest BCUT2D eigenvalue weighted by Gasteiger charge is -2.13. The topological polar surface area (TPSA) is 39.9 Å². The summed E-state index contributed by atoms with van der Waals surface area (Å²) in [5.41, 5.74) is 0. The Labute approximate surface area is 114 Å². The molecular formula is C11H7BrF3N3O. The van der Waals surface area contributed by atoms with Crippen LogP contribution in [0.4, 0.5) is 13.2 Å². The molecule has 0 spiro atoms. The average molecular weight is 334 g/mol. The highest BCUT2D eigenvalue weighted by Crippen LogP contribution is 2.32. The Balaban J connectivity index is 1.89. The summed E-state index contributed by atoms with van der Waals surface area (Å²) in [6.07, 6.45) is 0.0132. The van der Waals surface area contributed by atoms with E-state index < -0.39 is 23.6 Å². The molecule has 0 fully saturated rings. The molecular weight excluding hydrogens is 327 g/mol. The van der Waals surface area contributed by atoms with Crippen LogP contribution in [0.2, 0.25) is 0 Å². The number of aryl methyl sites for hydroxylation is 1. The molecule has 2 heterocycles. The normalized spacial score (nSPS) is 17.6. The molecule has 0 saturated heterocycles. The summed E-state index contributed by atoms with van der Waals surface area (Å²) < 4.78 is 46.8. The first-order chi connectivity index (χ1) is 9.06. The predicted molar refractivity (Wildman–Crippen MR) is 62.0 cm³/mol. The van der Waals surface area contributed by atoms with Gasteiger partial charge in [-0.2, -0.15) is 4.39 Å². The van der Waals surface area contributed by atoms with Crippen molar-refractivity contribution in [1.29, 1.82) is 0 Å². The van der Waals surface area contributed by atoms with E-state index in [0.717, 1.165) is 12.1 Å². The summed E-state index contributed by atoms with van der Waals surface area (Å²) >= 11 is 3.12. The molecule has 2 aromatic rings. The summed E-state index contributed by atoms with van der Waals surface area (Å²) in [4.78, 5) is 4.09. The molecule has 100 valence electrons. The molecule has 0 N–H and O–H groups in total. The number of aromatic nitrogens is 3. The van der Waals surface area contributed by atoms with Gasteiger partial charge in [-0.15, -0.1) is 5.10 Å². The number of fused-ring (bicyclic) bond motifs is 1. The van der Waals surface area contributed by atoms with Crippen molar-refractivity contribution in [1.82, 2.24) is 14.8 Å². The first kappa shape index (κ1) is 12.5. The number of halogens is 4. The molecule has 3 rings (SSSR count). The van der Waals surface area contributed by atoms with Crippen molar-refractivity contribution in [2.75, 3.05) is 0 Å². The smallest absolute Gasteiger partial charge is 0.217 e. The summed E-state index contributed by atoms with van der Waals surface area (Å²) in [6, 6.07) is 1.88. The first-order valence-corrected chi connectivity index (χ1v) is 6.26. The average Bonchev–Trinajstić information content (AvgIpc) is 2.90. The van der Waals surface area contributed by atoms with Crippen LogP contribution in [0, 0.1) is 17.5 Å². The lowest BCUT2D eigenvalue weighted by atomic mass is 10.2. The van der Waals surface area contributed by atoms with Gasteiger partial charge in [0.15, 0.2) is 29.3 Å². The summed E-state index contributed by atoms with van der Waals surface area (Å²) in [7, 11) is 0. The van der Waals surface area contributed by atoms with Crippen molar-refractivity contribution in [3.8, 4) is 5.75 Å². The molecule has 0 amide bonds. The minimum atomic E-state index is -1.54. The molecule has 0 radical (unpaired) electrons. The third-order valence-corrected chi connectivity index (χ3v) is 3.17. The van der Waals surface area contributed by atoms with Gasteiger partial charge in [0, 0.05) is 13.0 Å². The highest BCUT2D eigenvalue weighted by Gasteiger charge is 2.29. The highest BCUT2D eigenvalue weighted by molar-refractivity contribution is 9.10. The van der Waals surface area contributed by atoms with Gasteiger partial charge < -0.3 is 4.74 Å². The van der Waals surface area contributed by atoms with E-state index in [0.29, 0.717) is 23.5 Å². The van der Waals surface area contributed by atoms with Gasteiger partial charge in [0.2, 0.25) is 10.6 Å². The molecule has 0 aliphatic carbocycles. The van der Waals surface area contributed by atoms with Crippen molar-refractivity contribution < 1.29 is 17.9 Å². The maximum absolute atomic E-state index is 13.5. The van der Waals surface area contributed by atoms with Gasteiger partial charge in [0.1, 0.15) is 0 Å². The first-order valence-electron chi connectivity index (χ1n) is 5.46. The van der Waals surface area contributed by atoms with E-state index in [9.17, 15) is 13.2 Å². The van der Waals surface area contributed by atoms with Gasteiger partial charge in [-0.25, -0.2) is 18.4 Å². The number of hydrogen-bond donors (Lipinski definition) is 0. The monoisotopic (exact) mass is 333 g/mol. The van der Waals surface area contributed by atoms with Gasteiger partial charge in [0.05, 0.1) is 0 Å². The third kappa shape index (κ3) is 2.09. The van der Waals surface area contributed by atoms with Crippen LogP contribution in [0.15, 0.2) is 16.9 Å². The molecule has 1 unspecified atom stereocenters. The molecule has 0 saturated carbocycles. The van der Waals surface area contributed by atoms with Crippen molar-refractivity contribution >= 4 is 15.9 Å². The predicted octanol–water partition coefficient (Wildman–Crippen LogP) is 2.98. The molecule has 1 aliphatic heterocycles. The second-order valence-corrected chi connectivity index (χ2v) is 4.74. The van der Waals surface area contributed by atoms with Crippen LogP contribution in [-0.2, 0) is 6.54 Å². The molecule has 1 aromatic heterocycles. The Hall–Kier alpha value is -1.57. The van der Waals surface area contributed by atoms with Crippen LogP contribution in [0.3, 0.4) is 0 Å². The van der Waals surface area contributed by atoms with E-state index >= 15 is 0 Å². The minimum absolute atomic E-state index is 0.337. The van der Waals surface area contributed by atoms with E-state index in [1.807, 2.05) is 0 Å². The summed E-state index contributed by atoms with van der Waals surface area (Å²) in [5.74, 6) is -3.94.